The monoisotopic (exact) mass is 238 g/mol. The summed E-state index contributed by atoms with van der Waals surface area (Å²) >= 11 is 0. The maximum absolute atomic E-state index is 11.6. The molecular formula is C12H18N2O3. The van der Waals surface area contributed by atoms with Gasteiger partial charge in [-0.2, -0.15) is 0 Å². The summed E-state index contributed by atoms with van der Waals surface area (Å²) in [5.74, 6) is 0.902. The second-order valence-corrected chi connectivity index (χ2v) is 5.10. The Hall–Kier alpha value is -1.52. The van der Waals surface area contributed by atoms with Crippen LogP contribution in [-0.4, -0.2) is 14.7 Å². The maximum atomic E-state index is 11.6. The molecule has 0 aromatic carbocycles. The Labute approximate surface area is 99.1 Å². The average Bonchev–Trinajstić information content (AvgIpc) is 2.67. The fraction of sp³-hybridized carbons (Fsp3) is 0.667. The van der Waals surface area contributed by atoms with Crippen LogP contribution < -0.4 is 11.2 Å². The zero-order chi connectivity index (χ0) is 12.6. The van der Waals surface area contributed by atoms with Crippen LogP contribution in [0.25, 0.3) is 0 Å². The Balaban J connectivity index is 2.30. The van der Waals surface area contributed by atoms with Crippen molar-refractivity contribution in [3.8, 4) is 5.88 Å². The molecule has 5 nitrogen and oxygen atoms in total. The van der Waals surface area contributed by atoms with Crippen molar-refractivity contribution < 1.29 is 5.11 Å². The molecule has 0 aliphatic heterocycles. The van der Waals surface area contributed by atoms with E-state index in [1.807, 2.05) is 0 Å². The highest BCUT2D eigenvalue weighted by atomic mass is 16.3. The minimum Gasteiger partial charge on any atom is -0.494 e. The van der Waals surface area contributed by atoms with Crippen LogP contribution in [0.4, 0.5) is 0 Å². The van der Waals surface area contributed by atoms with E-state index in [-0.39, 0.29) is 11.4 Å². The van der Waals surface area contributed by atoms with E-state index in [0.29, 0.717) is 18.4 Å². The molecule has 1 saturated carbocycles. The molecule has 17 heavy (non-hydrogen) atoms. The first-order valence-corrected chi connectivity index (χ1v) is 6.01. The minimum atomic E-state index is -0.516. The molecule has 1 aromatic heterocycles. The molecule has 0 radical (unpaired) electrons. The molecule has 2 atom stereocenters. The van der Waals surface area contributed by atoms with E-state index in [2.05, 4.69) is 11.9 Å². The summed E-state index contributed by atoms with van der Waals surface area (Å²) < 4.78 is 1.28. The third kappa shape index (κ3) is 2.28. The number of nitrogens with one attached hydrogen (secondary N) is 1. The molecule has 94 valence electrons. The molecule has 1 fully saturated rings. The molecule has 0 bridgehead atoms. The van der Waals surface area contributed by atoms with E-state index in [9.17, 15) is 14.7 Å². The number of hydrogen-bond donors (Lipinski definition) is 2. The van der Waals surface area contributed by atoms with Crippen molar-refractivity contribution in [1.29, 1.82) is 0 Å². The molecule has 2 unspecified atom stereocenters. The fourth-order valence-electron chi connectivity index (χ4n) is 2.58. The molecule has 1 heterocycles. The van der Waals surface area contributed by atoms with Crippen molar-refractivity contribution in [2.75, 3.05) is 0 Å². The largest absolute Gasteiger partial charge is 0.494 e. The number of H-pyrrole nitrogens is 1. The van der Waals surface area contributed by atoms with Gasteiger partial charge in [0.05, 0.1) is 5.56 Å². The third-order valence-corrected chi connectivity index (χ3v) is 3.64. The van der Waals surface area contributed by atoms with Gasteiger partial charge in [0.15, 0.2) is 0 Å². The summed E-state index contributed by atoms with van der Waals surface area (Å²) in [4.78, 5) is 25.1. The lowest BCUT2D eigenvalue weighted by molar-refractivity contribution is 0.353. The van der Waals surface area contributed by atoms with E-state index in [1.165, 1.54) is 17.9 Å². The lowest BCUT2D eigenvalue weighted by atomic mass is 10.1. The van der Waals surface area contributed by atoms with E-state index in [1.54, 1.807) is 0 Å². The minimum absolute atomic E-state index is 0.196. The van der Waals surface area contributed by atoms with Gasteiger partial charge in [0, 0.05) is 6.54 Å². The molecule has 2 rings (SSSR count). The molecule has 5 heteroatoms. The zero-order valence-electron chi connectivity index (χ0n) is 10.2. The molecule has 0 spiro atoms. The average molecular weight is 238 g/mol. The maximum Gasteiger partial charge on any atom is 0.331 e. The molecule has 1 aromatic rings. The highest BCUT2D eigenvalue weighted by Gasteiger charge is 2.23. The van der Waals surface area contributed by atoms with Crippen molar-refractivity contribution in [2.24, 2.45) is 11.8 Å². The van der Waals surface area contributed by atoms with E-state index in [4.69, 9.17) is 0 Å². The second-order valence-electron chi connectivity index (χ2n) is 5.10. The number of rotatable bonds is 2. The highest BCUT2D eigenvalue weighted by Crippen LogP contribution is 2.31. The predicted octanol–water partition coefficient (Wildman–Crippen LogP) is 0.987. The SMILES string of the molecule is Cc1c(O)n(CC2CCC(C)C2)c(=O)[nH]c1=O. The van der Waals surface area contributed by atoms with Gasteiger partial charge >= 0.3 is 5.69 Å². The van der Waals surface area contributed by atoms with Gasteiger partial charge in [-0.15, -0.1) is 0 Å². The van der Waals surface area contributed by atoms with Gasteiger partial charge in [-0.05, 0) is 31.6 Å². The van der Waals surface area contributed by atoms with Crippen LogP contribution in [0.1, 0.15) is 31.7 Å². The van der Waals surface area contributed by atoms with E-state index in [0.717, 1.165) is 12.8 Å². The molecule has 0 saturated heterocycles. The van der Waals surface area contributed by atoms with Gasteiger partial charge in [-0.1, -0.05) is 13.3 Å². The summed E-state index contributed by atoms with van der Waals surface area (Å²) in [6, 6.07) is 0. The van der Waals surface area contributed by atoms with Crippen LogP contribution in [0.3, 0.4) is 0 Å². The van der Waals surface area contributed by atoms with Gasteiger partial charge in [0.25, 0.3) is 5.56 Å². The first kappa shape index (κ1) is 12.0. The Bertz CT molecular complexity index is 530. The van der Waals surface area contributed by atoms with Crippen LogP contribution in [0, 0.1) is 18.8 Å². The summed E-state index contributed by atoms with van der Waals surface area (Å²) in [7, 11) is 0. The first-order chi connectivity index (χ1) is 7.99. The Kier molecular flexibility index (Phi) is 3.09. The topological polar surface area (TPSA) is 75.1 Å². The van der Waals surface area contributed by atoms with Crippen molar-refractivity contribution >= 4 is 0 Å². The van der Waals surface area contributed by atoms with Crippen LogP contribution in [0.5, 0.6) is 5.88 Å². The van der Waals surface area contributed by atoms with Crippen molar-refractivity contribution in [3.05, 3.63) is 26.4 Å². The fourth-order valence-corrected chi connectivity index (χ4v) is 2.58. The van der Waals surface area contributed by atoms with Crippen LogP contribution >= 0.6 is 0 Å². The van der Waals surface area contributed by atoms with Crippen molar-refractivity contribution in [1.82, 2.24) is 9.55 Å². The summed E-state index contributed by atoms with van der Waals surface area (Å²) in [5.41, 5.74) is -0.822. The normalized spacial score (nSPS) is 24.1. The number of nitrogens with zero attached hydrogens (tertiary/aromatic N) is 1. The Morgan fingerprint density at radius 1 is 1.41 bits per heavy atom. The molecule has 2 N–H and O–H groups in total. The van der Waals surface area contributed by atoms with Crippen LogP contribution in [-0.2, 0) is 6.54 Å². The van der Waals surface area contributed by atoms with Crippen LogP contribution in [0.2, 0.25) is 0 Å². The van der Waals surface area contributed by atoms with Crippen LogP contribution in [0.15, 0.2) is 9.59 Å². The lowest BCUT2D eigenvalue weighted by Gasteiger charge is -2.14. The quantitative estimate of drug-likeness (QED) is 0.806. The van der Waals surface area contributed by atoms with Gasteiger partial charge in [-0.3, -0.25) is 14.3 Å². The zero-order valence-corrected chi connectivity index (χ0v) is 10.2. The first-order valence-electron chi connectivity index (χ1n) is 6.01. The molecule has 1 aliphatic carbocycles. The lowest BCUT2D eigenvalue weighted by Crippen LogP contribution is -2.32. The smallest absolute Gasteiger partial charge is 0.331 e. The standard InChI is InChI=1S/C12H18N2O3/c1-7-3-4-9(5-7)6-14-11(16)8(2)10(15)13-12(14)17/h7,9,16H,3-6H2,1-2H3,(H,13,15,17). The van der Waals surface area contributed by atoms with Crippen molar-refractivity contribution in [2.45, 2.75) is 39.7 Å². The molecule has 0 amide bonds. The summed E-state index contributed by atoms with van der Waals surface area (Å²) in [6.07, 6.45) is 3.32. The van der Waals surface area contributed by atoms with Gasteiger partial charge in [-0.25, -0.2) is 4.79 Å². The van der Waals surface area contributed by atoms with Gasteiger partial charge < -0.3 is 5.11 Å². The van der Waals surface area contributed by atoms with Gasteiger partial charge in [0.2, 0.25) is 5.88 Å². The summed E-state index contributed by atoms with van der Waals surface area (Å²) in [5, 5.41) is 9.83. The molecule has 1 aliphatic rings. The highest BCUT2D eigenvalue weighted by molar-refractivity contribution is 5.20. The Morgan fingerprint density at radius 2 is 2.12 bits per heavy atom. The number of aromatic hydroxyl groups is 1. The van der Waals surface area contributed by atoms with Crippen molar-refractivity contribution in [3.63, 3.8) is 0 Å². The predicted molar refractivity (Wildman–Crippen MR) is 64.2 cm³/mol. The van der Waals surface area contributed by atoms with E-state index < -0.39 is 11.2 Å². The Morgan fingerprint density at radius 3 is 2.71 bits per heavy atom. The molecular weight excluding hydrogens is 220 g/mol. The van der Waals surface area contributed by atoms with Gasteiger partial charge in [0.1, 0.15) is 0 Å². The number of aromatic amines is 1. The van der Waals surface area contributed by atoms with E-state index >= 15 is 0 Å². The number of aromatic nitrogens is 2. The number of hydrogen-bond acceptors (Lipinski definition) is 3. The summed E-state index contributed by atoms with van der Waals surface area (Å²) in [6.45, 7) is 4.20. The second kappa shape index (κ2) is 4.39. The third-order valence-electron chi connectivity index (χ3n) is 3.64.